The van der Waals surface area contributed by atoms with E-state index in [0.29, 0.717) is 18.4 Å². The van der Waals surface area contributed by atoms with Crippen molar-refractivity contribution in [1.82, 2.24) is 30.0 Å². The minimum absolute atomic E-state index is 0.0767. The zero-order chi connectivity index (χ0) is 19.3. The molecular formula is C17H17N7O3S. The third-order valence-corrected chi connectivity index (χ3v) is 6.74. The number of aromatic nitrogens is 5. The molecule has 1 aromatic carbocycles. The summed E-state index contributed by atoms with van der Waals surface area (Å²) in [6.45, 7) is 0. The van der Waals surface area contributed by atoms with Gasteiger partial charge in [-0.2, -0.15) is 0 Å². The number of H-pyrrole nitrogens is 1. The van der Waals surface area contributed by atoms with Crippen molar-refractivity contribution < 1.29 is 13.0 Å². The third kappa shape index (κ3) is 2.70. The molecule has 3 heterocycles. The first-order valence-electron chi connectivity index (χ1n) is 8.77. The smallest absolute Gasteiger partial charge is 0.243 e. The molecule has 28 heavy (non-hydrogen) atoms. The maximum absolute atomic E-state index is 12.8. The van der Waals surface area contributed by atoms with E-state index in [0.717, 1.165) is 16.9 Å². The molecule has 4 aromatic rings. The average Bonchev–Trinajstić information content (AvgIpc) is 3.31. The third-order valence-electron chi connectivity index (χ3n) is 5.19. The summed E-state index contributed by atoms with van der Waals surface area (Å²) in [5.74, 6) is 0.830. The highest BCUT2D eigenvalue weighted by atomic mass is 32.2. The number of benzene rings is 1. The van der Waals surface area contributed by atoms with Crippen LogP contribution in [0.1, 0.15) is 12.8 Å². The zero-order valence-electron chi connectivity index (χ0n) is 14.9. The highest BCUT2D eigenvalue weighted by Crippen LogP contribution is 2.32. The molecule has 1 aliphatic rings. The Kier molecular flexibility index (Phi) is 3.81. The van der Waals surface area contributed by atoms with Crippen molar-refractivity contribution in [3.8, 4) is 0 Å². The molecule has 0 saturated heterocycles. The number of hydrogen-bond donors (Lipinski definition) is 2. The molecule has 10 nitrogen and oxygen atoms in total. The number of nitrogens with one attached hydrogen (secondary N) is 2. The SMILES string of the molecule is CN(c1ncnc2[nH]ccc12)[C@H]1C[C@@H](NS(=O)(=O)c2cccc3nonc23)C1. The van der Waals surface area contributed by atoms with Gasteiger partial charge in [-0.05, 0) is 41.4 Å². The number of hydrogen-bond acceptors (Lipinski definition) is 8. The highest BCUT2D eigenvalue weighted by molar-refractivity contribution is 7.89. The second-order valence-corrected chi connectivity index (χ2v) is 8.56. The van der Waals surface area contributed by atoms with E-state index in [4.69, 9.17) is 0 Å². The zero-order valence-corrected chi connectivity index (χ0v) is 15.7. The van der Waals surface area contributed by atoms with Gasteiger partial charge in [-0.25, -0.2) is 27.7 Å². The standard InChI is InChI=1S/C17H17N7O3S/c1-24(17-12-5-6-18-16(12)19-9-20-17)11-7-10(8-11)23-28(25,26)14-4-2-3-13-15(14)22-27-21-13/h2-6,9-11,23H,7-8H2,1H3,(H,18,19,20)/t10-,11+. The Balaban J connectivity index is 1.31. The van der Waals surface area contributed by atoms with Crippen LogP contribution in [-0.4, -0.2) is 52.8 Å². The van der Waals surface area contributed by atoms with Crippen LogP contribution in [0, 0.1) is 0 Å². The normalized spacial score (nSPS) is 19.8. The van der Waals surface area contributed by atoms with Gasteiger partial charge in [-0.15, -0.1) is 0 Å². The summed E-state index contributed by atoms with van der Waals surface area (Å²) in [4.78, 5) is 13.8. The van der Waals surface area contributed by atoms with Crippen molar-refractivity contribution in [3.63, 3.8) is 0 Å². The fraction of sp³-hybridized carbons (Fsp3) is 0.294. The fourth-order valence-corrected chi connectivity index (χ4v) is 5.01. The molecule has 2 N–H and O–H groups in total. The number of rotatable bonds is 5. The first-order valence-corrected chi connectivity index (χ1v) is 10.3. The first kappa shape index (κ1) is 17.1. The molecule has 0 bridgehead atoms. The van der Waals surface area contributed by atoms with Crippen molar-refractivity contribution in [3.05, 3.63) is 36.8 Å². The Bertz CT molecular complexity index is 1260. The van der Waals surface area contributed by atoms with Gasteiger partial charge in [0.25, 0.3) is 0 Å². The maximum Gasteiger partial charge on any atom is 0.243 e. The average molecular weight is 399 g/mol. The summed E-state index contributed by atoms with van der Waals surface area (Å²) < 4.78 is 33.0. The second-order valence-electron chi connectivity index (χ2n) is 6.88. The molecule has 1 aliphatic carbocycles. The van der Waals surface area contributed by atoms with Crippen LogP contribution in [0.3, 0.4) is 0 Å². The summed E-state index contributed by atoms with van der Waals surface area (Å²) in [5, 5.41) is 8.35. The molecule has 5 rings (SSSR count). The van der Waals surface area contributed by atoms with Crippen LogP contribution in [0.15, 0.2) is 46.3 Å². The number of aromatic amines is 1. The van der Waals surface area contributed by atoms with Gasteiger partial charge >= 0.3 is 0 Å². The van der Waals surface area contributed by atoms with Crippen LogP contribution < -0.4 is 9.62 Å². The van der Waals surface area contributed by atoms with Crippen LogP contribution >= 0.6 is 0 Å². The lowest BCUT2D eigenvalue weighted by molar-refractivity contribution is 0.314. The molecule has 0 amide bonds. The lowest BCUT2D eigenvalue weighted by atomic mass is 9.86. The quantitative estimate of drug-likeness (QED) is 0.516. The summed E-state index contributed by atoms with van der Waals surface area (Å²) in [6, 6.07) is 6.74. The molecule has 0 spiro atoms. The summed E-state index contributed by atoms with van der Waals surface area (Å²) in [7, 11) is -1.75. The minimum Gasteiger partial charge on any atom is -0.356 e. The number of fused-ring (bicyclic) bond motifs is 2. The van der Waals surface area contributed by atoms with E-state index in [1.165, 1.54) is 12.4 Å². The van der Waals surface area contributed by atoms with Crippen molar-refractivity contribution in [2.24, 2.45) is 0 Å². The Labute approximate surface area is 160 Å². The molecule has 11 heteroatoms. The lowest BCUT2D eigenvalue weighted by Crippen LogP contribution is -2.53. The molecule has 0 radical (unpaired) electrons. The van der Waals surface area contributed by atoms with Gasteiger partial charge < -0.3 is 9.88 Å². The second kappa shape index (κ2) is 6.24. The Morgan fingerprint density at radius 1 is 1.21 bits per heavy atom. The number of sulfonamides is 1. The Morgan fingerprint density at radius 3 is 2.93 bits per heavy atom. The van der Waals surface area contributed by atoms with Gasteiger partial charge in [0.1, 0.15) is 28.2 Å². The van der Waals surface area contributed by atoms with Gasteiger partial charge in [-0.3, -0.25) is 0 Å². The van der Waals surface area contributed by atoms with E-state index >= 15 is 0 Å². The van der Waals surface area contributed by atoms with Crippen molar-refractivity contribution >= 4 is 37.9 Å². The van der Waals surface area contributed by atoms with Crippen molar-refractivity contribution in [1.29, 1.82) is 0 Å². The molecular weight excluding hydrogens is 382 g/mol. The van der Waals surface area contributed by atoms with E-state index in [1.54, 1.807) is 12.1 Å². The molecule has 0 atom stereocenters. The van der Waals surface area contributed by atoms with Crippen LogP contribution in [-0.2, 0) is 10.0 Å². The van der Waals surface area contributed by atoms with Crippen LogP contribution in [0.2, 0.25) is 0 Å². The van der Waals surface area contributed by atoms with Crippen LogP contribution in [0.25, 0.3) is 22.1 Å². The molecule has 0 aliphatic heterocycles. The fourth-order valence-electron chi connectivity index (χ4n) is 3.59. The van der Waals surface area contributed by atoms with E-state index in [9.17, 15) is 8.42 Å². The van der Waals surface area contributed by atoms with Gasteiger partial charge in [0.05, 0.1) is 5.39 Å². The van der Waals surface area contributed by atoms with Crippen LogP contribution in [0.5, 0.6) is 0 Å². The molecule has 3 aromatic heterocycles. The monoisotopic (exact) mass is 399 g/mol. The van der Waals surface area contributed by atoms with E-state index in [-0.39, 0.29) is 22.5 Å². The Hall–Kier alpha value is -3.05. The molecule has 1 saturated carbocycles. The topological polar surface area (TPSA) is 130 Å². The maximum atomic E-state index is 12.8. The summed E-state index contributed by atoms with van der Waals surface area (Å²) in [6.07, 6.45) is 4.71. The van der Waals surface area contributed by atoms with Gasteiger partial charge in [-0.1, -0.05) is 6.07 Å². The molecule has 1 fully saturated rings. The number of anilines is 1. The van der Waals surface area contributed by atoms with Crippen LogP contribution in [0.4, 0.5) is 5.82 Å². The van der Waals surface area contributed by atoms with Gasteiger partial charge in [0, 0.05) is 25.3 Å². The lowest BCUT2D eigenvalue weighted by Gasteiger charge is -2.41. The number of nitrogens with zero attached hydrogens (tertiary/aromatic N) is 5. The first-order chi connectivity index (χ1) is 13.5. The summed E-state index contributed by atoms with van der Waals surface area (Å²) >= 11 is 0. The Morgan fingerprint density at radius 2 is 2.07 bits per heavy atom. The van der Waals surface area contributed by atoms with Gasteiger partial charge in [0.15, 0.2) is 5.52 Å². The van der Waals surface area contributed by atoms with E-state index in [1.807, 2.05) is 19.3 Å². The minimum atomic E-state index is -3.72. The molecule has 0 unspecified atom stereocenters. The van der Waals surface area contributed by atoms with Crippen molar-refractivity contribution in [2.75, 3.05) is 11.9 Å². The largest absolute Gasteiger partial charge is 0.356 e. The van der Waals surface area contributed by atoms with Gasteiger partial charge in [0.2, 0.25) is 10.0 Å². The van der Waals surface area contributed by atoms with Crippen molar-refractivity contribution in [2.45, 2.75) is 29.8 Å². The summed E-state index contributed by atoms with van der Waals surface area (Å²) in [5.41, 5.74) is 1.43. The predicted molar refractivity (Wildman–Crippen MR) is 101 cm³/mol. The van der Waals surface area contributed by atoms with E-state index in [2.05, 4.69) is 39.5 Å². The molecule has 144 valence electrons. The predicted octanol–water partition coefficient (Wildman–Crippen LogP) is 1.44. The van der Waals surface area contributed by atoms with E-state index < -0.39 is 10.0 Å². The highest BCUT2D eigenvalue weighted by Gasteiger charge is 2.36.